The Morgan fingerprint density at radius 2 is 1.74 bits per heavy atom. The maximum absolute atomic E-state index is 12.7. The van der Waals surface area contributed by atoms with Gasteiger partial charge in [-0.25, -0.2) is 4.98 Å². The van der Waals surface area contributed by atoms with Gasteiger partial charge in [0.1, 0.15) is 10.7 Å². The van der Waals surface area contributed by atoms with Crippen molar-refractivity contribution < 1.29 is 4.79 Å². The molecule has 0 bridgehead atoms. The second kappa shape index (κ2) is 9.94. The SMILES string of the molecule is Cc1c(C(=O)NCCSCc2ccccc2)sc2nc(Cc3ccccc3)[nH]c(=O)c12. The minimum atomic E-state index is -0.192. The van der Waals surface area contributed by atoms with Crippen molar-refractivity contribution >= 4 is 39.2 Å². The molecule has 4 aromatic rings. The van der Waals surface area contributed by atoms with Gasteiger partial charge in [-0.05, 0) is 23.6 Å². The zero-order chi connectivity index (χ0) is 21.6. The highest BCUT2D eigenvalue weighted by molar-refractivity contribution is 7.98. The van der Waals surface area contributed by atoms with Crippen LogP contribution in [0, 0.1) is 6.92 Å². The number of hydrogen-bond acceptors (Lipinski definition) is 5. The summed E-state index contributed by atoms with van der Waals surface area (Å²) in [4.78, 5) is 34.0. The van der Waals surface area contributed by atoms with Crippen LogP contribution in [0.2, 0.25) is 0 Å². The van der Waals surface area contributed by atoms with Gasteiger partial charge in [-0.2, -0.15) is 11.8 Å². The number of fused-ring (bicyclic) bond motifs is 1. The summed E-state index contributed by atoms with van der Waals surface area (Å²) in [5, 5.41) is 3.48. The first-order chi connectivity index (χ1) is 15.1. The number of benzene rings is 2. The fourth-order valence-electron chi connectivity index (χ4n) is 3.36. The van der Waals surface area contributed by atoms with Crippen molar-refractivity contribution in [1.82, 2.24) is 15.3 Å². The molecule has 31 heavy (non-hydrogen) atoms. The van der Waals surface area contributed by atoms with Crippen LogP contribution >= 0.6 is 23.1 Å². The van der Waals surface area contributed by atoms with Crippen molar-refractivity contribution in [2.24, 2.45) is 0 Å². The molecule has 2 N–H and O–H groups in total. The summed E-state index contributed by atoms with van der Waals surface area (Å²) >= 11 is 3.06. The summed E-state index contributed by atoms with van der Waals surface area (Å²) in [6.45, 7) is 2.39. The molecular formula is C24H23N3O2S2. The van der Waals surface area contributed by atoms with Gasteiger partial charge in [0.15, 0.2) is 0 Å². The molecule has 0 radical (unpaired) electrons. The van der Waals surface area contributed by atoms with Crippen molar-refractivity contribution in [2.75, 3.05) is 12.3 Å². The van der Waals surface area contributed by atoms with Gasteiger partial charge in [-0.15, -0.1) is 11.3 Å². The maximum atomic E-state index is 12.7. The van der Waals surface area contributed by atoms with E-state index in [1.54, 1.807) is 11.8 Å². The molecule has 0 aliphatic heterocycles. The first-order valence-corrected chi connectivity index (χ1v) is 12.0. The van der Waals surface area contributed by atoms with Crippen LogP contribution in [0.4, 0.5) is 0 Å². The zero-order valence-corrected chi connectivity index (χ0v) is 18.8. The molecule has 2 heterocycles. The quantitative estimate of drug-likeness (QED) is 0.387. The Morgan fingerprint density at radius 1 is 1.06 bits per heavy atom. The third kappa shape index (κ3) is 5.24. The third-order valence-corrected chi connectivity index (χ3v) is 7.13. The van der Waals surface area contributed by atoms with Gasteiger partial charge >= 0.3 is 0 Å². The second-order valence-corrected chi connectivity index (χ2v) is 9.31. The molecule has 0 fully saturated rings. The van der Waals surface area contributed by atoms with Crippen LogP contribution in [0.25, 0.3) is 10.2 Å². The van der Waals surface area contributed by atoms with Gasteiger partial charge < -0.3 is 10.3 Å². The molecule has 0 saturated carbocycles. The van der Waals surface area contributed by atoms with Gasteiger partial charge in [0.2, 0.25) is 0 Å². The van der Waals surface area contributed by atoms with Crippen LogP contribution in [0.5, 0.6) is 0 Å². The van der Waals surface area contributed by atoms with Crippen molar-refractivity contribution in [3.8, 4) is 0 Å². The first-order valence-electron chi connectivity index (χ1n) is 10.1. The highest BCUT2D eigenvalue weighted by Crippen LogP contribution is 2.27. The fraction of sp³-hybridized carbons (Fsp3) is 0.208. The average Bonchev–Trinajstić information content (AvgIpc) is 3.11. The van der Waals surface area contributed by atoms with Crippen molar-refractivity contribution in [3.05, 3.63) is 98.4 Å². The van der Waals surface area contributed by atoms with E-state index in [1.165, 1.54) is 16.9 Å². The Labute approximate surface area is 188 Å². The van der Waals surface area contributed by atoms with Crippen LogP contribution in [0.1, 0.15) is 32.2 Å². The Bertz CT molecular complexity index is 1230. The van der Waals surface area contributed by atoms with Gasteiger partial charge in [0, 0.05) is 24.5 Å². The number of carbonyl (C=O) groups excluding carboxylic acids is 1. The molecular weight excluding hydrogens is 426 g/mol. The highest BCUT2D eigenvalue weighted by Gasteiger charge is 2.19. The number of thiophene rings is 1. The molecule has 0 saturated heterocycles. The van der Waals surface area contributed by atoms with E-state index >= 15 is 0 Å². The Morgan fingerprint density at radius 3 is 2.45 bits per heavy atom. The summed E-state index contributed by atoms with van der Waals surface area (Å²) in [5.41, 5.74) is 2.84. The van der Waals surface area contributed by atoms with Crippen molar-refractivity contribution in [3.63, 3.8) is 0 Å². The first kappa shape index (κ1) is 21.3. The highest BCUT2D eigenvalue weighted by atomic mass is 32.2. The lowest BCUT2D eigenvalue weighted by atomic mass is 10.1. The Kier molecular flexibility index (Phi) is 6.84. The monoisotopic (exact) mass is 449 g/mol. The molecule has 0 aliphatic carbocycles. The molecule has 2 aromatic carbocycles. The number of aromatic amines is 1. The minimum absolute atomic E-state index is 0.148. The lowest BCUT2D eigenvalue weighted by molar-refractivity contribution is 0.0960. The molecule has 7 heteroatoms. The number of hydrogen-bond donors (Lipinski definition) is 2. The number of H-pyrrole nitrogens is 1. The number of aryl methyl sites for hydroxylation is 1. The summed E-state index contributed by atoms with van der Waals surface area (Å²) in [6, 6.07) is 20.1. The summed E-state index contributed by atoms with van der Waals surface area (Å²) in [7, 11) is 0. The van der Waals surface area contributed by atoms with Crippen LogP contribution in [0.15, 0.2) is 65.5 Å². The fourth-order valence-corrected chi connectivity index (χ4v) is 5.30. The number of carbonyl (C=O) groups is 1. The van der Waals surface area contributed by atoms with Crippen molar-refractivity contribution in [1.29, 1.82) is 0 Å². The van der Waals surface area contributed by atoms with Gasteiger partial charge in [0.25, 0.3) is 11.5 Å². The number of amides is 1. The number of aromatic nitrogens is 2. The van der Waals surface area contributed by atoms with Crippen LogP contribution in [-0.4, -0.2) is 28.2 Å². The van der Waals surface area contributed by atoms with Gasteiger partial charge in [-0.3, -0.25) is 9.59 Å². The largest absolute Gasteiger partial charge is 0.351 e. The van der Waals surface area contributed by atoms with E-state index in [9.17, 15) is 9.59 Å². The summed E-state index contributed by atoms with van der Waals surface area (Å²) in [5.74, 6) is 2.20. The van der Waals surface area contributed by atoms with Gasteiger partial charge in [0.05, 0.1) is 10.3 Å². The Hall–Kier alpha value is -2.90. The number of nitrogens with one attached hydrogen (secondary N) is 2. The normalized spacial score (nSPS) is 11.0. The predicted octanol–water partition coefficient (Wildman–Crippen LogP) is 4.55. The zero-order valence-electron chi connectivity index (χ0n) is 17.2. The topological polar surface area (TPSA) is 74.8 Å². The molecule has 0 unspecified atom stereocenters. The van der Waals surface area contributed by atoms with E-state index in [0.717, 1.165) is 17.1 Å². The summed E-state index contributed by atoms with van der Waals surface area (Å²) in [6.07, 6.45) is 0.545. The van der Waals surface area contributed by atoms with E-state index in [2.05, 4.69) is 27.4 Å². The van der Waals surface area contributed by atoms with E-state index < -0.39 is 0 Å². The summed E-state index contributed by atoms with van der Waals surface area (Å²) < 4.78 is 0. The molecule has 4 rings (SSSR count). The number of thioether (sulfide) groups is 1. The molecule has 2 aromatic heterocycles. The predicted molar refractivity (Wildman–Crippen MR) is 129 cm³/mol. The van der Waals surface area contributed by atoms with E-state index in [0.29, 0.717) is 39.4 Å². The molecule has 5 nitrogen and oxygen atoms in total. The number of nitrogens with zero attached hydrogens (tertiary/aromatic N) is 1. The van der Waals surface area contributed by atoms with Gasteiger partial charge in [-0.1, -0.05) is 60.7 Å². The molecule has 0 aliphatic rings. The van der Waals surface area contributed by atoms with E-state index in [-0.39, 0.29) is 11.5 Å². The van der Waals surface area contributed by atoms with Crippen LogP contribution in [-0.2, 0) is 12.2 Å². The van der Waals surface area contributed by atoms with E-state index in [1.807, 2.05) is 55.5 Å². The molecule has 0 atom stereocenters. The molecule has 158 valence electrons. The second-order valence-electron chi connectivity index (χ2n) is 7.21. The average molecular weight is 450 g/mol. The minimum Gasteiger partial charge on any atom is -0.351 e. The Balaban J connectivity index is 1.41. The third-order valence-electron chi connectivity index (χ3n) is 4.91. The lowest BCUT2D eigenvalue weighted by Crippen LogP contribution is -2.25. The van der Waals surface area contributed by atoms with Crippen LogP contribution in [0.3, 0.4) is 0 Å². The molecule has 0 spiro atoms. The smallest absolute Gasteiger partial charge is 0.261 e. The molecule has 1 amide bonds. The van der Waals surface area contributed by atoms with Crippen LogP contribution < -0.4 is 10.9 Å². The standard InChI is InChI=1S/C24H23N3O2S2/c1-16-20-22(28)26-19(14-17-8-4-2-5-9-17)27-24(20)31-21(16)23(29)25-12-13-30-15-18-10-6-3-7-11-18/h2-11H,12-15H2,1H3,(H,25,29)(H,26,27,28). The van der Waals surface area contributed by atoms with E-state index in [4.69, 9.17) is 0 Å². The number of rotatable bonds is 8. The maximum Gasteiger partial charge on any atom is 0.261 e. The lowest BCUT2D eigenvalue weighted by Gasteiger charge is -2.05. The van der Waals surface area contributed by atoms with Crippen molar-refractivity contribution in [2.45, 2.75) is 19.1 Å².